The van der Waals surface area contributed by atoms with E-state index >= 15 is 0 Å². The summed E-state index contributed by atoms with van der Waals surface area (Å²) in [5, 5.41) is 18.6. The van der Waals surface area contributed by atoms with Crippen molar-refractivity contribution in [1.82, 2.24) is 4.98 Å². The Morgan fingerprint density at radius 3 is 2.56 bits per heavy atom. The third-order valence-corrected chi connectivity index (χ3v) is 2.77. The molecule has 0 aliphatic rings. The van der Waals surface area contributed by atoms with Crippen molar-refractivity contribution in [3.63, 3.8) is 0 Å². The van der Waals surface area contributed by atoms with Crippen molar-refractivity contribution in [3.8, 4) is 0 Å². The van der Waals surface area contributed by atoms with Gasteiger partial charge >= 0.3 is 11.9 Å². The predicted molar refractivity (Wildman–Crippen MR) is 64.6 cm³/mol. The van der Waals surface area contributed by atoms with Crippen LogP contribution in [0, 0.1) is 0 Å². The van der Waals surface area contributed by atoms with E-state index in [2.05, 4.69) is 4.98 Å². The number of aromatic amines is 1. The van der Waals surface area contributed by atoms with Crippen LogP contribution in [0.25, 0.3) is 10.9 Å². The molecule has 0 aliphatic heterocycles. The highest BCUT2D eigenvalue weighted by Crippen LogP contribution is 2.23. The zero-order valence-corrected chi connectivity index (χ0v) is 9.38. The molecular weight excluding hydrogens is 236 g/mol. The minimum Gasteiger partial charge on any atom is -0.480 e. The molecule has 2 aromatic rings. The number of carbonyl (C=O) groups is 2. The molecule has 0 aliphatic carbocycles. The van der Waals surface area contributed by atoms with Gasteiger partial charge in [-0.2, -0.15) is 0 Å². The van der Waals surface area contributed by atoms with Crippen molar-refractivity contribution < 1.29 is 19.8 Å². The van der Waals surface area contributed by atoms with Gasteiger partial charge in [-0.05, 0) is 11.6 Å². The van der Waals surface area contributed by atoms with E-state index in [4.69, 9.17) is 15.9 Å². The first kappa shape index (κ1) is 12.1. The number of H-pyrrole nitrogens is 1. The number of hydrogen-bond acceptors (Lipinski definition) is 3. The molecule has 1 aromatic carbocycles. The first-order valence-electron chi connectivity index (χ1n) is 5.32. The molecule has 0 unspecified atom stereocenters. The second-order valence-corrected chi connectivity index (χ2v) is 3.98. The Labute approximate surface area is 102 Å². The minimum atomic E-state index is -1.16. The Bertz CT molecular complexity index is 618. The molecule has 0 saturated heterocycles. The molecule has 0 amide bonds. The van der Waals surface area contributed by atoms with Gasteiger partial charge in [0.05, 0.1) is 0 Å². The van der Waals surface area contributed by atoms with E-state index in [0.29, 0.717) is 16.5 Å². The van der Waals surface area contributed by atoms with E-state index in [9.17, 15) is 9.59 Å². The number of nitrogens with one attached hydrogen (secondary N) is 1. The first-order valence-corrected chi connectivity index (χ1v) is 5.32. The van der Waals surface area contributed by atoms with E-state index in [1.165, 1.54) is 0 Å². The van der Waals surface area contributed by atoms with Crippen molar-refractivity contribution in [1.29, 1.82) is 0 Å². The van der Waals surface area contributed by atoms with Crippen LogP contribution < -0.4 is 5.73 Å². The van der Waals surface area contributed by atoms with Crippen LogP contribution in [0.3, 0.4) is 0 Å². The van der Waals surface area contributed by atoms with Crippen LogP contribution in [0.1, 0.15) is 16.1 Å². The Hall–Kier alpha value is -2.34. The summed E-state index contributed by atoms with van der Waals surface area (Å²) in [4.78, 5) is 24.6. The van der Waals surface area contributed by atoms with Crippen LogP contribution in [0.5, 0.6) is 0 Å². The number of nitrogens with two attached hydrogens (primary N) is 1. The summed E-state index contributed by atoms with van der Waals surface area (Å²) in [5.74, 6) is -2.28. The lowest BCUT2D eigenvalue weighted by Gasteiger charge is -2.06. The maximum atomic E-state index is 11.1. The van der Waals surface area contributed by atoms with Crippen molar-refractivity contribution in [2.24, 2.45) is 5.73 Å². The van der Waals surface area contributed by atoms with E-state index in [-0.39, 0.29) is 12.1 Å². The second-order valence-electron chi connectivity index (χ2n) is 3.98. The van der Waals surface area contributed by atoms with Gasteiger partial charge in [0, 0.05) is 17.3 Å². The second kappa shape index (κ2) is 4.50. The maximum Gasteiger partial charge on any atom is 0.352 e. The summed E-state index contributed by atoms with van der Waals surface area (Å²) in [7, 11) is 0. The number of aromatic carboxylic acids is 1. The van der Waals surface area contributed by atoms with Gasteiger partial charge in [0.2, 0.25) is 0 Å². The molecular formula is C12H12N2O4. The van der Waals surface area contributed by atoms with Gasteiger partial charge in [-0.25, -0.2) is 4.79 Å². The number of aliphatic carboxylic acids is 1. The van der Waals surface area contributed by atoms with Gasteiger partial charge in [-0.1, -0.05) is 18.2 Å². The van der Waals surface area contributed by atoms with E-state index in [1.54, 1.807) is 24.3 Å². The zero-order chi connectivity index (χ0) is 13.3. The fraction of sp³-hybridized carbons (Fsp3) is 0.167. The van der Waals surface area contributed by atoms with Gasteiger partial charge in [-0.3, -0.25) is 4.79 Å². The molecule has 6 heteroatoms. The lowest BCUT2D eigenvalue weighted by molar-refractivity contribution is -0.138. The highest BCUT2D eigenvalue weighted by Gasteiger charge is 2.21. The number of hydrogen-bond donors (Lipinski definition) is 4. The molecule has 0 saturated carbocycles. The van der Waals surface area contributed by atoms with Gasteiger partial charge in [0.15, 0.2) is 0 Å². The van der Waals surface area contributed by atoms with Crippen molar-refractivity contribution >= 4 is 22.8 Å². The molecule has 0 spiro atoms. The number of aromatic nitrogens is 1. The maximum absolute atomic E-state index is 11.1. The van der Waals surface area contributed by atoms with Gasteiger partial charge in [-0.15, -0.1) is 0 Å². The molecule has 0 bridgehead atoms. The van der Waals surface area contributed by atoms with Crippen molar-refractivity contribution in [3.05, 3.63) is 35.5 Å². The molecule has 2 rings (SSSR count). The lowest BCUT2D eigenvalue weighted by Crippen LogP contribution is -2.32. The highest BCUT2D eigenvalue weighted by atomic mass is 16.4. The molecule has 6 nitrogen and oxygen atoms in total. The summed E-state index contributed by atoms with van der Waals surface area (Å²) in [5.41, 5.74) is 6.53. The molecule has 1 heterocycles. The molecule has 94 valence electrons. The number of para-hydroxylation sites is 1. The Morgan fingerprint density at radius 1 is 1.28 bits per heavy atom. The van der Waals surface area contributed by atoms with Crippen LogP contribution in [0.2, 0.25) is 0 Å². The highest BCUT2D eigenvalue weighted by molar-refractivity contribution is 5.97. The van der Waals surface area contributed by atoms with Gasteiger partial charge < -0.3 is 20.9 Å². The lowest BCUT2D eigenvalue weighted by atomic mass is 10.0. The number of benzene rings is 1. The van der Waals surface area contributed by atoms with Crippen molar-refractivity contribution in [2.75, 3.05) is 0 Å². The SMILES string of the molecule is N[C@@H](Cc1c(C(=O)O)[nH]c2ccccc12)C(=O)O. The van der Waals surface area contributed by atoms with Crippen LogP contribution >= 0.6 is 0 Å². The van der Waals surface area contributed by atoms with E-state index in [1.807, 2.05) is 0 Å². The largest absolute Gasteiger partial charge is 0.480 e. The topological polar surface area (TPSA) is 116 Å². The molecule has 0 radical (unpaired) electrons. The average Bonchev–Trinajstić information content (AvgIpc) is 2.68. The molecule has 1 aromatic heterocycles. The normalized spacial score (nSPS) is 12.5. The fourth-order valence-corrected chi connectivity index (χ4v) is 1.90. The molecule has 1 atom stereocenters. The fourth-order valence-electron chi connectivity index (χ4n) is 1.90. The predicted octanol–water partition coefficient (Wildman–Crippen LogP) is 0.820. The standard InChI is InChI=1S/C12H12N2O4/c13-8(11(15)16)5-7-6-3-1-2-4-9(6)14-10(7)12(17)18/h1-4,8,14H,5,13H2,(H,15,16)(H,17,18)/t8-/m0/s1. The molecule has 5 N–H and O–H groups in total. The van der Waals surface area contributed by atoms with Crippen LogP contribution in [-0.4, -0.2) is 33.2 Å². The van der Waals surface area contributed by atoms with Crippen molar-refractivity contribution in [2.45, 2.75) is 12.5 Å². The Kier molecular flexibility index (Phi) is 3.03. The number of fused-ring (bicyclic) bond motifs is 1. The number of carboxylic acids is 2. The quantitative estimate of drug-likeness (QED) is 0.639. The Morgan fingerprint density at radius 2 is 1.94 bits per heavy atom. The monoisotopic (exact) mass is 248 g/mol. The summed E-state index contributed by atoms with van der Waals surface area (Å²) >= 11 is 0. The van der Waals surface area contributed by atoms with Crippen LogP contribution in [0.4, 0.5) is 0 Å². The third kappa shape index (κ3) is 2.05. The minimum absolute atomic E-state index is 0.00657. The number of rotatable bonds is 4. The average molecular weight is 248 g/mol. The van der Waals surface area contributed by atoms with E-state index in [0.717, 1.165) is 0 Å². The summed E-state index contributed by atoms with van der Waals surface area (Å²) in [6.45, 7) is 0. The number of carboxylic acid groups (broad SMARTS) is 2. The zero-order valence-electron chi connectivity index (χ0n) is 9.38. The summed E-state index contributed by atoms with van der Waals surface area (Å²) in [6.07, 6.45) is -0.0268. The smallest absolute Gasteiger partial charge is 0.352 e. The van der Waals surface area contributed by atoms with E-state index < -0.39 is 18.0 Å². The molecule has 0 fully saturated rings. The van der Waals surface area contributed by atoms with Crippen LogP contribution in [-0.2, 0) is 11.2 Å². The molecule has 18 heavy (non-hydrogen) atoms. The van der Waals surface area contributed by atoms with Gasteiger partial charge in [0.25, 0.3) is 0 Å². The first-order chi connectivity index (χ1) is 8.50. The van der Waals surface area contributed by atoms with Crippen LogP contribution in [0.15, 0.2) is 24.3 Å². The summed E-state index contributed by atoms with van der Waals surface area (Å²) < 4.78 is 0. The third-order valence-electron chi connectivity index (χ3n) is 2.77. The summed E-state index contributed by atoms with van der Waals surface area (Å²) in [6, 6.07) is 5.88. The van der Waals surface area contributed by atoms with Gasteiger partial charge in [0.1, 0.15) is 11.7 Å². The Balaban J connectivity index is 2.55.